The number of hydrogen-bond donors (Lipinski definition) is 1. The minimum absolute atomic E-state index is 0.0964. The smallest absolute Gasteiger partial charge is 0.333 e. The van der Waals surface area contributed by atoms with Gasteiger partial charge in [-0.2, -0.15) is 13.9 Å². The van der Waals surface area contributed by atoms with E-state index in [1.165, 1.54) is 12.4 Å². The van der Waals surface area contributed by atoms with Crippen LogP contribution in [0.15, 0.2) is 85.3 Å². The van der Waals surface area contributed by atoms with E-state index in [1.807, 2.05) is 60.8 Å². The molecule has 2 aliphatic rings. The molecule has 0 saturated carbocycles. The van der Waals surface area contributed by atoms with E-state index < -0.39 is 12.0 Å². The molecule has 0 bridgehead atoms. The van der Waals surface area contributed by atoms with Crippen LogP contribution in [0.25, 0.3) is 28.0 Å². The Labute approximate surface area is 217 Å². The van der Waals surface area contributed by atoms with Gasteiger partial charge in [0.15, 0.2) is 0 Å². The van der Waals surface area contributed by atoms with Gasteiger partial charge in [0.1, 0.15) is 11.5 Å². The molecule has 5 aromatic rings. The summed E-state index contributed by atoms with van der Waals surface area (Å²) in [4.78, 5) is 20.0. The number of nitrogens with one attached hydrogen (secondary N) is 1. The number of nitrogens with zero attached hydrogens (tertiary/aromatic N) is 5. The van der Waals surface area contributed by atoms with Crippen molar-refractivity contribution in [2.75, 3.05) is 23.3 Å². The molecule has 0 unspecified atom stereocenters. The zero-order chi connectivity index (χ0) is 25.9. The van der Waals surface area contributed by atoms with Crippen molar-refractivity contribution >= 4 is 23.1 Å². The van der Waals surface area contributed by atoms with Gasteiger partial charge in [0.25, 0.3) is 0 Å². The van der Waals surface area contributed by atoms with Gasteiger partial charge in [-0.3, -0.25) is 9.20 Å². The number of rotatable bonds is 4. The van der Waals surface area contributed by atoms with Crippen LogP contribution in [0.4, 0.5) is 20.3 Å². The van der Waals surface area contributed by atoms with Gasteiger partial charge in [0.05, 0.1) is 23.5 Å². The summed E-state index contributed by atoms with van der Waals surface area (Å²) in [5, 5.41) is 6.81. The number of halogens is 2. The number of benzene rings is 2. The average Bonchev–Trinajstić information content (AvgIpc) is 3.67. The number of carbonyl (C=O) groups is 1. The molecule has 7 rings (SSSR count). The van der Waals surface area contributed by atoms with E-state index in [4.69, 9.17) is 0 Å². The van der Waals surface area contributed by atoms with Crippen molar-refractivity contribution in [1.29, 1.82) is 0 Å². The van der Waals surface area contributed by atoms with E-state index in [-0.39, 0.29) is 5.91 Å². The van der Waals surface area contributed by atoms with E-state index in [2.05, 4.69) is 36.8 Å². The molecule has 0 atom stereocenters. The third-order valence-electron chi connectivity index (χ3n) is 7.89. The molecule has 2 aromatic carbocycles. The summed E-state index contributed by atoms with van der Waals surface area (Å²) in [6.07, 6.45) is 6.11. The Morgan fingerprint density at radius 3 is 2.39 bits per heavy atom. The highest BCUT2D eigenvalue weighted by molar-refractivity contribution is 6.06. The highest BCUT2D eigenvalue weighted by atomic mass is 19.3. The summed E-state index contributed by atoms with van der Waals surface area (Å²) in [6.45, 7) is -1.18. The van der Waals surface area contributed by atoms with E-state index in [0.717, 1.165) is 65.5 Å². The molecule has 7 nitrogen and oxygen atoms in total. The van der Waals surface area contributed by atoms with Crippen molar-refractivity contribution < 1.29 is 13.6 Å². The summed E-state index contributed by atoms with van der Waals surface area (Å²) < 4.78 is 28.6. The maximum atomic E-state index is 13.0. The molecule has 38 heavy (non-hydrogen) atoms. The minimum Gasteiger partial charge on any atom is -0.358 e. The Hall–Kier alpha value is -4.53. The average molecular weight is 511 g/mol. The van der Waals surface area contributed by atoms with E-state index in [9.17, 15) is 13.6 Å². The molecule has 1 saturated heterocycles. The number of imidazole rings is 1. The number of piperidine rings is 1. The first-order valence-corrected chi connectivity index (χ1v) is 12.6. The van der Waals surface area contributed by atoms with E-state index >= 15 is 0 Å². The van der Waals surface area contributed by atoms with Gasteiger partial charge in [0.2, 0.25) is 5.91 Å². The third kappa shape index (κ3) is 3.42. The van der Waals surface area contributed by atoms with Crippen LogP contribution in [0.5, 0.6) is 0 Å². The Morgan fingerprint density at radius 1 is 0.868 bits per heavy atom. The van der Waals surface area contributed by atoms with Crippen LogP contribution >= 0.6 is 0 Å². The predicted octanol–water partition coefficient (Wildman–Crippen LogP) is 5.75. The van der Waals surface area contributed by atoms with Gasteiger partial charge < -0.3 is 10.2 Å². The number of alkyl halides is 2. The van der Waals surface area contributed by atoms with Crippen molar-refractivity contribution in [3.05, 3.63) is 90.9 Å². The second-order valence-electron chi connectivity index (χ2n) is 9.85. The summed E-state index contributed by atoms with van der Waals surface area (Å²) in [6, 6.07) is 21.8. The molecule has 0 radical (unpaired) electrons. The largest absolute Gasteiger partial charge is 0.358 e. The molecule has 1 fully saturated rings. The Morgan fingerprint density at radius 2 is 1.63 bits per heavy atom. The van der Waals surface area contributed by atoms with Crippen molar-refractivity contribution in [3.63, 3.8) is 0 Å². The van der Waals surface area contributed by atoms with Gasteiger partial charge in [0, 0.05) is 36.1 Å². The molecular weight excluding hydrogens is 486 g/mol. The van der Waals surface area contributed by atoms with Crippen molar-refractivity contribution in [3.8, 4) is 22.4 Å². The van der Waals surface area contributed by atoms with Gasteiger partial charge >= 0.3 is 6.55 Å². The molecular formula is C29H24F2N6O. The maximum absolute atomic E-state index is 13.0. The van der Waals surface area contributed by atoms with E-state index in [1.54, 1.807) is 0 Å². The molecule has 1 spiro atoms. The van der Waals surface area contributed by atoms with Crippen LogP contribution in [0.2, 0.25) is 0 Å². The summed E-state index contributed by atoms with van der Waals surface area (Å²) >= 11 is 0. The number of pyridine rings is 1. The SMILES string of the molecule is O=C1Nc2ccccc2C12CCN(c1cccc3ncc(-c4ccc(-c5cnn(C(F)F)c5)cc4)n13)CC2. The number of aromatic nitrogens is 4. The molecule has 2 aliphatic heterocycles. The third-order valence-corrected chi connectivity index (χ3v) is 7.89. The maximum Gasteiger partial charge on any atom is 0.333 e. The van der Waals surface area contributed by atoms with Crippen molar-refractivity contribution in [2.24, 2.45) is 0 Å². The van der Waals surface area contributed by atoms with Gasteiger partial charge in [-0.05, 0) is 42.2 Å². The van der Waals surface area contributed by atoms with Crippen molar-refractivity contribution in [1.82, 2.24) is 19.2 Å². The Kier molecular flexibility index (Phi) is 5.07. The first kappa shape index (κ1) is 22.7. The quantitative estimate of drug-likeness (QED) is 0.334. The van der Waals surface area contributed by atoms with Crippen LogP contribution < -0.4 is 10.2 Å². The first-order valence-electron chi connectivity index (χ1n) is 12.6. The first-order chi connectivity index (χ1) is 18.5. The summed E-state index contributed by atoms with van der Waals surface area (Å²) in [5.74, 6) is 1.12. The summed E-state index contributed by atoms with van der Waals surface area (Å²) in [5.41, 5.74) is 5.74. The normalized spacial score (nSPS) is 16.4. The fourth-order valence-corrected chi connectivity index (χ4v) is 5.88. The van der Waals surface area contributed by atoms with Crippen LogP contribution in [0, 0.1) is 0 Å². The number of para-hydroxylation sites is 1. The Balaban J connectivity index is 1.19. The molecule has 190 valence electrons. The molecule has 0 aliphatic carbocycles. The molecule has 3 aromatic heterocycles. The van der Waals surface area contributed by atoms with E-state index in [0.29, 0.717) is 10.2 Å². The fraction of sp³-hybridized carbons (Fsp3) is 0.207. The summed E-state index contributed by atoms with van der Waals surface area (Å²) in [7, 11) is 0. The number of fused-ring (bicyclic) bond motifs is 3. The highest BCUT2D eigenvalue weighted by Crippen LogP contribution is 2.45. The molecule has 1 N–H and O–H groups in total. The second-order valence-corrected chi connectivity index (χ2v) is 9.85. The van der Waals surface area contributed by atoms with Crippen LogP contribution in [0.1, 0.15) is 25.0 Å². The fourth-order valence-electron chi connectivity index (χ4n) is 5.88. The van der Waals surface area contributed by atoms with Crippen LogP contribution in [-0.4, -0.2) is 38.2 Å². The zero-order valence-corrected chi connectivity index (χ0v) is 20.4. The number of amides is 1. The Bertz CT molecular complexity index is 1660. The monoisotopic (exact) mass is 510 g/mol. The molecule has 5 heterocycles. The molecule has 9 heteroatoms. The second kappa shape index (κ2) is 8.51. The van der Waals surface area contributed by atoms with Gasteiger partial charge in [-0.15, -0.1) is 0 Å². The topological polar surface area (TPSA) is 67.5 Å². The number of hydrogen-bond acceptors (Lipinski definition) is 4. The lowest BCUT2D eigenvalue weighted by Crippen LogP contribution is -2.47. The standard InChI is InChI=1S/C29H24F2N6O/c30-28(31)36-18-21(16-33-36)19-8-10-20(11-9-19)24-17-32-25-6-3-7-26(37(24)25)35-14-12-29(13-15-35)22-4-1-2-5-23(22)34-27(29)38/h1-11,16-18,28H,12-15H2,(H,34,38). The predicted molar refractivity (Wildman–Crippen MR) is 141 cm³/mol. The zero-order valence-electron chi connectivity index (χ0n) is 20.4. The lowest BCUT2D eigenvalue weighted by atomic mass is 9.73. The van der Waals surface area contributed by atoms with Crippen LogP contribution in [0.3, 0.4) is 0 Å². The highest BCUT2D eigenvalue weighted by Gasteiger charge is 2.48. The van der Waals surface area contributed by atoms with Crippen LogP contribution in [-0.2, 0) is 10.2 Å². The van der Waals surface area contributed by atoms with Gasteiger partial charge in [-0.1, -0.05) is 48.5 Å². The number of carbonyl (C=O) groups excluding carboxylic acids is 1. The lowest BCUT2D eigenvalue weighted by Gasteiger charge is -2.39. The lowest BCUT2D eigenvalue weighted by molar-refractivity contribution is -0.121. The van der Waals surface area contributed by atoms with Gasteiger partial charge in [-0.25, -0.2) is 9.67 Å². The number of anilines is 2. The van der Waals surface area contributed by atoms with Crippen molar-refractivity contribution in [2.45, 2.75) is 24.8 Å². The minimum atomic E-state index is -2.66. The molecule has 1 amide bonds.